The maximum Gasteiger partial charge on any atom is 0.345 e. The number of methoxy groups -OCH3 is 1. The van der Waals surface area contributed by atoms with E-state index in [1.54, 1.807) is 24.9 Å². The number of hydrogen-bond donors (Lipinski definition) is 0. The quantitative estimate of drug-likeness (QED) is 0.401. The van der Waals surface area contributed by atoms with Crippen molar-refractivity contribution in [2.24, 2.45) is 7.05 Å². The van der Waals surface area contributed by atoms with Gasteiger partial charge in [-0.3, -0.25) is 14.8 Å². The molecular weight excluding hydrogens is 330 g/mol. The molecule has 0 unspecified atom stereocenters. The molecule has 0 atom stereocenters. The van der Waals surface area contributed by atoms with E-state index in [1.165, 1.54) is 18.2 Å². The highest BCUT2D eigenvalue weighted by molar-refractivity contribution is 5.94. The van der Waals surface area contributed by atoms with E-state index in [0.29, 0.717) is 16.9 Å². The monoisotopic (exact) mass is 343 g/mol. The van der Waals surface area contributed by atoms with Gasteiger partial charge in [-0.2, -0.15) is 10.1 Å². The van der Waals surface area contributed by atoms with Gasteiger partial charge in [0.05, 0.1) is 18.2 Å². The largest absolute Gasteiger partial charge is 0.465 e. The summed E-state index contributed by atoms with van der Waals surface area (Å²) in [4.78, 5) is 30.7. The fraction of sp³-hybridized carbons (Fsp3) is 0.200. The predicted octanol–water partition coefficient (Wildman–Crippen LogP) is 2.16. The van der Waals surface area contributed by atoms with Crippen LogP contribution >= 0.6 is 0 Å². The minimum absolute atomic E-state index is 0.203. The zero-order valence-electron chi connectivity index (χ0n) is 13.6. The van der Waals surface area contributed by atoms with Gasteiger partial charge in [-0.15, -0.1) is 0 Å². The fourth-order valence-corrected chi connectivity index (χ4v) is 2.30. The number of aromatic nitrogens is 4. The molecule has 3 aromatic rings. The molecule has 128 valence electrons. The van der Waals surface area contributed by atoms with Crippen LogP contribution in [0, 0.1) is 17.0 Å². The van der Waals surface area contributed by atoms with Gasteiger partial charge >= 0.3 is 5.97 Å². The Balaban J connectivity index is 2.07. The Morgan fingerprint density at radius 1 is 1.32 bits per heavy atom. The minimum atomic E-state index is -0.831. The third kappa shape index (κ3) is 2.96. The van der Waals surface area contributed by atoms with Gasteiger partial charge in [0, 0.05) is 19.2 Å². The van der Waals surface area contributed by atoms with Crippen LogP contribution in [0.4, 0.5) is 5.69 Å². The normalized spacial score (nSPS) is 10.7. The number of nitro groups is 1. The molecule has 0 fully saturated rings. The number of rotatable bonds is 4. The smallest absolute Gasteiger partial charge is 0.345 e. The number of ether oxygens (including phenoxy) is 2. The SMILES string of the molecule is COC(=O)c1cc(Oc2nc(C)nc3c2cnn3C)ccc1[N+](=O)[O-]. The molecule has 0 bridgehead atoms. The molecule has 2 heterocycles. The Morgan fingerprint density at radius 2 is 2.08 bits per heavy atom. The summed E-state index contributed by atoms with van der Waals surface area (Å²) in [5.74, 6) is 0.0817. The number of nitrogens with zero attached hydrogens (tertiary/aromatic N) is 5. The first-order chi connectivity index (χ1) is 11.9. The topological polar surface area (TPSA) is 122 Å². The number of nitro benzene ring substituents is 1. The van der Waals surface area contributed by atoms with Gasteiger partial charge in [0.25, 0.3) is 5.69 Å². The Kier molecular flexibility index (Phi) is 4.01. The zero-order chi connectivity index (χ0) is 18.1. The number of esters is 1. The van der Waals surface area contributed by atoms with Gasteiger partial charge < -0.3 is 9.47 Å². The number of carbonyl (C=O) groups excluding carboxylic acids is 1. The van der Waals surface area contributed by atoms with Crippen LogP contribution in [0.25, 0.3) is 11.0 Å². The predicted molar refractivity (Wildman–Crippen MR) is 85.6 cm³/mol. The Labute approximate surface area is 141 Å². The van der Waals surface area contributed by atoms with E-state index in [0.717, 1.165) is 7.11 Å². The van der Waals surface area contributed by atoms with Crippen molar-refractivity contribution >= 4 is 22.7 Å². The third-order valence-electron chi connectivity index (χ3n) is 3.45. The molecule has 10 nitrogen and oxygen atoms in total. The average molecular weight is 343 g/mol. The molecule has 0 saturated carbocycles. The minimum Gasteiger partial charge on any atom is -0.465 e. The number of hydrogen-bond acceptors (Lipinski definition) is 8. The first-order valence-corrected chi connectivity index (χ1v) is 7.11. The van der Waals surface area contributed by atoms with E-state index in [9.17, 15) is 14.9 Å². The number of fused-ring (bicyclic) bond motifs is 1. The van der Waals surface area contributed by atoms with Crippen LogP contribution in [0.3, 0.4) is 0 Å². The maximum atomic E-state index is 11.8. The van der Waals surface area contributed by atoms with E-state index >= 15 is 0 Å². The summed E-state index contributed by atoms with van der Waals surface area (Å²) < 4.78 is 11.9. The molecule has 0 spiro atoms. The highest BCUT2D eigenvalue weighted by Gasteiger charge is 2.22. The standard InChI is InChI=1S/C15H13N5O5/c1-8-17-13-11(7-16-19(13)2)14(18-8)25-9-4-5-12(20(22)23)10(6-9)15(21)24-3/h4-7H,1-3H3. The molecule has 0 aliphatic carbocycles. The number of benzene rings is 1. The second-order valence-electron chi connectivity index (χ2n) is 5.11. The van der Waals surface area contributed by atoms with E-state index in [-0.39, 0.29) is 22.9 Å². The zero-order valence-corrected chi connectivity index (χ0v) is 13.6. The van der Waals surface area contributed by atoms with E-state index in [2.05, 4.69) is 19.8 Å². The van der Waals surface area contributed by atoms with E-state index in [4.69, 9.17) is 4.74 Å². The molecule has 0 aliphatic rings. The molecule has 0 aliphatic heterocycles. The lowest BCUT2D eigenvalue weighted by Crippen LogP contribution is -2.06. The van der Waals surface area contributed by atoms with Crippen molar-refractivity contribution in [1.82, 2.24) is 19.7 Å². The molecule has 2 aromatic heterocycles. The second-order valence-corrected chi connectivity index (χ2v) is 5.11. The fourth-order valence-electron chi connectivity index (χ4n) is 2.30. The van der Waals surface area contributed by atoms with Crippen molar-refractivity contribution < 1.29 is 19.2 Å². The van der Waals surface area contributed by atoms with Gasteiger partial charge in [0.1, 0.15) is 22.5 Å². The number of aryl methyl sites for hydroxylation is 2. The molecule has 0 amide bonds. The summed E-state index contributed by atoms with van der Waals surface area (Å²) in [7, 11) is 2.88. The van der Waals surface area contributed by atoms with Crippen molar-refractivity contribution in [3.63, 3.8) is 0 Å². The van der Waals surface area contributed by atoms with Crippen LogP contribution in [0.15, 0.2) is 24.4 Å². The molecule has 0 radical (unpaired) electrons. The Morgan fingerprint density at radius 3 is 2.76 bits per heavy atom. The molecule has 0 saturated heterocycles. The van der Waals surface area contributed by atoms with Crippen molar-refractivity contribution in [3.8, 4) is 11.6 Å². The summed E-state index contributed by atoms with van der Waals surface area (Å²) in [5, 5.41) is 15.7. The van der Waals surface area contributed by atoms with E-state index < -0.39 is 10.9 Å². The van der Waals surface area contributed by atoms with Gasteiger partial charge in [-0.25, -0.2) is 9.78 Å². The summed E-state index contributed by atoms with van der Waals surface area (Å²) in [6.45, 7) is 1.70. The lowest BCUT2D eigenvalue weighted by atomic mass is 10.1. The summed E-state index contributed by atoms with van der Waals surface area (Å²) in [5.41, 5.74) is 0.000375. The van der Waals surface area contributed by atoms with Crippen LogP contribution in [0.1, 0.15) is 16.2 Å². The van der Waals surface area contributed by atoms with Crippen molar-refractivity contribution in [2.45, 2.75) is 6.92 Å². The van der Waals surface area contributed by atoms with Crippen LogP contribution in [-0.4, -0.2) is 37.8 Å². The Hall–Kier alpha value is -3.56. The summed E-state index contributed by atoms with van der Waals surface area (Å²) in [6, 6.07) is 3.80. The van der Waals surface area contributed by atoms with Crippen molar-refractivity contribution in [3.05, 3.63) is 45.9 Å². The van der Waals surface area contributed by atoms with Crippen LogP contribution in [-0.2, 0) is 11.8 Å². The second kappa shape index (κ2) is 6.15. The lowest BCUT2D eigenvalue weighted by Gasteiger charge is -2.08. The lowest BCUT2D eigenvalue weighted by molar-refractivity contribution is -0.385. The highest BCUT2D eigenvalue weighted by Crippen LogP contribution is 2.30. The first kappa shape index (κ1) is 16.3. The first-order valence-electron chi connectivity index (χ1n) is 7.11. The summed E-state index contributed by atoms with van der Waals surface area (Å²) in [6.07, 6.45) is 1.55. The highest BCUT2D eigenvalue weighted by atomic mass is 16.6. The van der Waals surface area contributed by atoms with Crippen molar-refractivity contribution in [1.29, 1.82) is 0 Å². The molecule has 0 N–H and O–H groups in total. The molecule has 1 aromatic carbocycles. The van der Waals surface area contributed by atoms with E-state index in [1.807, 2.05) is 0 Å². The van der Waals surface area contributed by atoms with Crippen LogP contribution < -0.4 is 4.74 Å². The molecular formula is C15H13N5O5. The molecule has 10 heteroatoms. The van der Waals surface area contributed by atoms with Gasteiger partial charge in [-0.1, -0.05) is 0 Å². The molecule has 25 heavy (non-hydrogen) atoms. The molecule has 3 rings (SSSR count). The maximum absolute atomic E-state index is 11.8. The number of carbonyl (C=O) groups is 1. The van der Waals surface area contributed by atoms with Crippen LogP contribution in [0.5, 0.6) is 11.6 Å². The Bertz CT molecular complexity index is 997. The van der Waals surface area contributed by atoms with Gasteiger partial charge in [0.2, 0.25) is 5.88 Å². The third-order valence-corrected chi connectivity index (χ3v) is 3.45. The van der Waals surface area contributed by atoms with Crippen LogP contribution in [0.2, 0.25) is 0 Å². The van der Waals surface area contributed by atoms with Gasteiger partial charge in [-0.05, 0) is 13.0 Å². The van der Waals surface area contributed by atoms with Crippen molar-refractivity contribution in [2.75, 3.05) is 7.11 Å². The average Bonchev–Trinajstić information content (AvgIpc) is 2.95. The summed E-state index contributed by atoms with van der Waals surface area (Å²) >= 11 is 0. The van der Waals surface area contributed by atoms with Gasteiger partial charge in [0.15, 0.2) is 5.65 Å².